The second-order valence-electron chi connectivity index (χ2n) is 5.71. The molecule has 0 aliphatic heterocycles. The molecular weight excluding hydrogens is 288 g/mol. The molecule has 122 valence electrons. The highest BCUT2D eigenvalue weighted by molar-refractivity contribution is 7.89. The van der Waals surface area contributed by atoms with Gasteiger partial charge in [0.15, 0.2) is 0 Å². The van der Waals surface area contributed by atoms with E-state index < -0.39 is 10.0 Å². The van der Waals surface area contributed by atoms with Crippen LogP contribution in [0.2, 0.25) is 0 Å². The van der Waals surface area contributed by atoms with Crippen molar-refractivity contribution in [2.45, 2.75) is 64.1 Å². The number of aromatic nitrogens is 2. The highest BCUT2D eigenvalue weighted by Crippen LogP contribution is 2.17. The molecule has 1 heterocycles. The largest absolute Gasteiger partial charge is 0.313 e. The average molecular weight is 316 g/mol. The number of sulfonamides is 1. The monoisotopic (exact) mass is 316 g/mol. The van der Waals surface area contributed by atoms with Crippen LogP contribution in [0.3, 0.4) is 0 Å². The summed E-state index contributed by atoms with van der Waals surface area (Å²) in [5.74, 6) is 0. The molecule has 7 heteroatoms. The van der Waals surface area contributed by atoms with E-state index in [9.17, 15) is 8.42 Å². The van der Waals surface area contributed by atoms with Gasteiger partial charge in [-0.2, -0.15) is 9.40 Å². The first-order valence-corrected chi connectivity index (χ1v) is 8.97. The van der Waals surface area contributed by atoms with E-state index in [0.717, 1.165) is 19.4 Å². The van der Waals surface area contributed by atoms with Crippen LogP contribution in [0.1, 0.15) is 40.5 Å². The molecule has 0 aromatic carbocycles. The predicted molar refractivity (Wildman–Crippen MR) is 84.7 cm³/mol. The van der Waals surface area contributed by atoms with Gasteiger partial charge in [-0.15, -0.1) is 0 Å². The lowest BCUT2D eigenvalue weighted by Gasteiger charge is -2.23. The number of hydrogen-bond donors (Lipinski definition) is 1. The van der Waals surface area contributed by atoms with Crippen molar-refractivity contribution in [2.24, 2.45) is 0 Å². The third-order valence-corrected chi connectivity index (χ3v) is 5.43. The van der Waals surface area contributed by atoms with Gasteiger partial charge in [0.2, 0.25) is 10.0 Å². The minimum absolute atomic E-state index is 0.00837. The maximum atomic E-state index is 12.5. The zero-order valence-electron chi connectivity index (χ0n) is 13.7. The summed E-state index contributed by atoms with van der Waals surface area (Å²) in [5, 5.41) is 7.42. The van der Waals surface area contributed by atoms with Gasteiger partial charge in [0, 0.05) is 31.9 Å². The van der Waals surface area contributed by atoms with Crippen molar-refractivity contribution < 1.29 is 8.42 Å². The van der Waals surface area contributed by atoms with E-state index in [1.807, 2.05) is 6.92 Å². The van der Waals surface area contributed by atoms with Crippen LogP contribution in [-0.4, -0.2) is 48.2 Å². The molecule has 0 saturated carbocycles. The van der Waals surface area contributed by atoms with E-state index in [-0.39, 0.29) is 10.9 Å². The van der Waals surface area contributed by atoms with Gasteiger partial charge in [-0.3, -0.25) is 4.68 Å². The Kier molecular flexibility index (Phi) is 6.83. The number of rotatable bonds is 9. The van der Waals surface area contributed by atoms with E-state index >= 15 is 0 Å². The van der Waals surface area contributed by atoms with E-state index in [1.54, 1.807) is 17.9 Å². The smallest absolute Gasteiger partial charge is 0.246 e. The first-order chi connectivity index (χ1) is 9.78. The van der Waals surface area contributed by atoms with Crippen molar-refractivity contribution in [3.63, 3.8) is 0 Å². The molecule has 1 aromatic rings. The fraction of sp³-hybridized carbons (Fsp3) is 0.786. The fourth-order valence-electron chi connectivity index (χ4n) is 2.07. The maximum Gasteiger partial charge on any atom is 0.246 e. The molecule has 0 fully saturated rings. The van der Waals surface area contributed by atoms with E-state index in [0.29, 0.717) is 12.6 Å². The van der Waals surface area contributed by atoms with Crippen LogP contribution in [-0.2, 0) is 16.6 Å². The summed E-state index contributed by atoms with van der Waals surface area (Å²) < 4.78 is 28.1. The molecule has 0 spiro atoms. The van der Waals surface area contributed by atoms with Crippen LogP contribution in [0.25, 0.3) is 0 Å². The highest BCUT2D eigenvalue weighted by Gasteiger charge is 2.26. The molecular formula is C14H28N4O2S. The van der Waals surface area contributed by atoms with Gasteiger partial charge >= 0.3 is 0 Å². The molecule has 0 saturated heterocycles. The third-order valence-electron chi connectivity index (χ3n) is 3.51. The average Bonchev–Trinajstić information content (AvgIpc) is 2.87. The van der Waals surface area contributed by atoms with Crippen molar-refractivity contribution >= 4 is 10.0 Å². The van der Waals surface area contributed by atoms with Crippen molar-refractivity contribution in [3.05, 3.63) is 12.4 Å². The van der Waals surface area contributed by atoms with Crippen LogP contribution in [0.5, 0.6) is 0 Å². The van der Waals surface area contributed by atoms with Crippen molar-refractivity contribution in [1.29, 1.82) is 0 Å². The molecule has 0 aliphatic rings. The Hall–Kier alpha value is -0.920. The topological polar surface area (TPSA) is 67.2 Å². The molecule has 0 amide bonds. The molecule has 1 N–H and O–H groups in total. The van der Waals surface area contributed by atoms with Crippen molar-refractivity contribution in [2.75, 3.05) is 13.6 Å². The first-order valence-electron chi connectivity index (χ1n) is 7.53. The maximum absolute atomic E-state index is 12.5. The Morgan fingerprint density at radius 1 is 1.38 bits per heavy atom. The Morgan fingerprint density at radius 3 is 2.62 bits per heavy atom. The molecule has 0 bridgehead atoms. The van der Waals surface area contributed by atoms with Crippen LogP contribution in [0.4, 0.5) is 0 Å². The van der Waals surface area contributed by atoms with Gasteiger partial charge in [-0.1, -0.05) is 27.2 Å². The molecule has 6 nitrogen and oxygen atoms in total. The summed E-state index contributed by atoms with van der Waals surface area (Å²) in [6.07, 6.45) is 4.84. The zero-order valence-corrected chi connectivity index (χ0v) is 14.5. The van der Waals surface area contributed by atoms with Gasteiger partial charge in [-0.25, -0.2) is 8.42 Å². The molecule has 0 radical (unpaired) electrons. The van der Waals surface area contributed by atoms with Gasteiger partial charge in [0.25, 0.3) is 0 Å². The normalized spacial score (nSPS) is 14.0. The number of nitrogens with one attached hydrogen (secondary N) is 1. The summed E-state index contributed by atoms with van der Waals surface area (Å²) in [7, 11) is -1.82. The van der Waals surface area contributed by atoms with Gasteiger partial charge in [0.05, 0.1) is 12.7 Å². The minimum Gasteiger partial charge on any atom is -0.313 e. The molecule has 1 atom stereocenters. The predicted octanol–water partition coefficient (Wildman–Crippen LogP) is 1.69. The highest BCUT2D eigenvalue weighted by atomic mass is 32.2. The summed E-state index contributed by atoms with van der Waals surface area (Å²) in [6, 6.07) is 0.399. The van der Waals surface area contributed by atoms with Crippen LogP contribution in [0, 0.1) is 0 Å². The zero-order chi connectivity index (χ0) is 16.0. The molecule has 21 heavy (non-hydrogen) atoms. The summed E-state index contributed by atoms with van der Waals surface area (Å²) in [6.45, 7) is 9.55. The van der Waals surface area contributed by atoms with Gasteiger partial charge in [0.1, 0.15) is 4.90 Å². The lowest BCUT2D eigenvalue weighted by molar-refractivity contribution is 0.368. The Morgan fingerprint density at radius 2 is 2.05 bits per heavy atom. The van der Waals surface area contributed by atoms with Gasteiger partial charge < -0.3 is 5.32 Å². The van der Waals surface area contributed by atoms with Crippen LogP contribution < -0.4 is 5.32 Å². The quantitative estimate of drug-likeness (QED) is 0.753. The molecule has 1 aromatic heterocycles. The Balaban J connectivity index is 2.74. The summed E-state index contributed by atoms with van der Waals surface area (Å²) in [4.78, 5) is 0.262. The summed E-state index contributed by atoms with van der Waals surface area (Å²) in [5.41, 5.74) is 0. The fourth-order valence-corrected chi connectivity index (χ4v) is 3.42. The van der Waals surface area contributed by atoms with Gasteiger partial charge in [-0.05, 0) is 13.3 Å². The Bertz CT molecular complexity index is 525. The third kappa shape index (κ3) is 5.09. The standard InChI is InChI=1S/C14H28N4O2S/c1-6-7-13(4)17(5)21(19,20)14-10-16-18(11-14)9-8-15-12(2)3/h10-13,15H,6-9H2,1-5H3. The van der Waals surface area contributed by atoms with E-state index in [2.05, 4.69) is 31.2 Å². The van der Waals surface area contributed by atoms with Crippen molar-refractivity contribution in [1.82, 2.24) is 19.4 Å². The van der Waals surface area contributed by atoms with E-state index in [4.69, 9.17) is 0 Å². The lowest BCUT2D eigenvalue weighted by Crippen LogP contribution is -2.34. The second-order valence-corrected chi connectivity index (χ2v) is 7.70. The SMILES string of the molecule is CCCC(C)N(C)S(=O)(=O)c1cnn(CCNC(C)C)c1. The van der Waals surface area contributed by atoms with Crippen molar-refractivity contribution in [3.8, 4) is 0 Å². The number of nitrogens with zero attached hydrogens (tertiary/aromatic N) is 3. The molecule has 0 aliphatic carbocycles. The van der Waals surface area contributed by atoms with Crippen LogP contribution >= 0.6 is 0 Å². The molecule has 1 rings (SSSR count). The van der Waals surface area contributed by atoms with E-state index in [1.165, 1.54) is 10.5 Å². The summed E-state index contributed by atoms with van der Waals surface area (Å²) >= 11 is 0. The lowest BCUT2D eigenvalue weighted by atomic mass is 10.2. The minimum atomic E-state index is -3.45. The van der Waals surface area contributed by atoms with Crippen LogP contribution in [0.15, 0.2) is 17.3 Å². The number of hydrogen-bond acceptors (Lipinski definition) is 4. The Labute approximate surface area is 128 Å². The second kappa shape index (κ2) is 7.91. The first kappa shape index (κ1) is 18.1. The molecule has 1 unspecified atom stereocenters.